The van der Waals surface area contributed by atoms with Crippen molar-refractivity contribution in [3.63, 3.8) is 0 Å². The van der Waals surface area contributed by atoms with Gasteiger partial charge in [-0.3, -0.25) is 14.6 Å². The first-order chi connectivity index (χ1) is 16.5. The van der Waals surface area contributed by atoms with Crippen LogP contribution in [0.1, 0.15) is 38.5 Å². The van der Waals surface area contributed by atoms with Crippen molar-refractivity contribution in [1.29, 1.82) is 0 Å². The lowest BCUT2D eigenvalue weighted by Crippen LogP contribution is -2.32. The van der Waals surface area contributed by atoms with Crippen molar-refractivity contribution in [3.8, 4) is 11.3 Å². The number of amides is 1. The molecule has 2 aromatic carbocycles. The molecule has 172 valence electrons. The Hall–Kier alpha value is -4.27. The van der Waals surface area contributed by atoms with E-state index < -0.39 is 0 Å². The maximum atomic E-state index is 13.5. The summed E-state index contributed by atoms with van der Waals surface area (Å²) >= 11 is 0. The van der Waals surface area contributed by atoms with Crippen molar-refractivity contribution < 1.29 is 18.5 Å². The molecule has 0 saturated heterocycles. The van der Waals surface area contributed by atoms with E-state index in [1.807, 2.05) is 0 Å². The van der Waals surface area contributed by atoms with Crippen LogP contribution in [0.4, 0.5) is 4.39 Å². The summed E-state index contributed by atoms with van der Waals surface area (Å²) in [5, 5.41) is 10.8. The van der Waals surface area contributed by atoms with Gasteiger partial charge in [0.05, 0.1) is 18.4 Å². The Balaban J connectivity index is 1.37. The molecule has 2 aromatic heterocycles. The van der Waals surface area contributed by atoms with E-state index in [4.69, 9.17) is 4.52 Å². The largest absolute Gasteiger partial charge is 0.372 e. The smallest absolute Gasteiger partial charge is 0.251 e. The van der Waals surface area contributed by atoms with Crippen molar-refractivity contribution >= 4 is 28.9 Å². The number of rotatable bonds is 7. The fourth-order valence-electron chi connectivity index (χ4n) is 4.06. The van der Waals surface area contributed by atoms with Crippen LogP contribution < -0.4 is 10.6 Å². The minimum Gasteiger partial charge on any atom is -0.372 e. The lowest BCUT2D eigenvalue weighted by Gasteiger charge is -2.10. The van der Waals surface area contributed by atoms with E-state index in [1.54, 1.807) is 49.8 Å². The molecule has 9 heteroatoms. The van der Waals surface area contributed by atoms with Gasteiger partial charge >= 0.3 is 0 Å². The third-order valence-electron chi connectivity index (χ3n) is 5.90. The van der Waals surface area contributed by atoms with E-state index in [2.05, 4.69) is 25.8 Å². The van der Waals surface area contributed by atoms with E-state index in [9.17, 15) is 14.0 Å². The standard InChI is InChI=1S/C25H22FN5O3/c1-14-22(23(31-34-14)15-2-5-17(26)6-3-15)24(32)20-12-29-21-10-16(4-7-19(20)21)25(33)28-9-8-18-11-27-13-30-18/h2-7,10,12-13,18,29H,8-9,11H2,1H3,(H,27,30)(H,28,33). The molecule has 0 radical (unpaired) electrons. The Bertz CT molecular complexity index is 1400. The summed E-state index contributed by atoms with van der Waals surface area (Å²) in [6.07, 6.45) is 4.08. The lowest BCUT2D eigenvalue weighted by atomic mass is 9.97. The number of aliphatic imine (C=N–C) groups is 1. The number of nitrogens with zero attached hydrogens (tertiary/aromatic N) is 2. The second-order valence-electron chi connectivity index (χ2n) is 8.16. The van der Waals surface area contributed by atoms with E-state index in [0.717, 1.165) is 13.0 Å². The highest BCUT2D eigenvalue weighted by atomic mass is 19.1. The topological polar surface area (TPSA) is 112 Å². The number of aryl methyl sites for hydroxylation is 1. The summed E-state index contributed by atoms with van der Waals surface area (Å²) < 4.78 is 18.6. The Kier molecular flexibility index (Phi) is 5.67. The summed E-state index contributed by atoms with van der Waals surface area (Å²) in [5.74, 6) is -0.459. The lowest BCUT2D eigenvalue weighted by molar-refractivity contribution is 0.0952. The molecule has 0 aliphatic carbocycles. The minimum absolute atomic E-state index is 0.184. The second kappa shape index (κ2) is 8.93. The molecule has 1 atom stereocenters. The second-order valence-corrected chi connectivity index (χ2v) is 8.16. The van der Waals surface area contributed by atoms with Crippen LogP contribution in [0.3, 0.4) is 0 Å². The molecule has 34 heavy (non-hydrogen) atoms. The Morgan fingerprint density at radius 3 is 2.79 bits per heavy atom. The van der Waals surface area contributed by atoms with Gasteiger partial charge in [0.25, 0.3) is 5.91 Å². The number of fused-ring (bicyclic) bond motifs is 1. The van der Waals surface area contributed by atoms with Crippen molar-refractivity contribution in [2.45, 2.75) is 19.4 Å². The van der Waals surface area contributed by atoms with E-state index in [1.165, 1.54) is 12.1 Å². The number of aromatic nitrogens is 2. The van der Waals surface area contributed by atoms with Gasteiger partial charge in [-0.05, 0) is 49.7 Å². The molecule has 3 heterocycles. The summed E-state index contributed by atoms with van der Waals surface area (Å²) in [6, 6.07) is 11.1. The highest BCUT2D eigenvalue weighted by Gasteiger charge is 2.25. The van der Waals surface area contributed by atoms with Crippen molar-refractivity contribution in [3.05, 3.63) is 76.9 Å². The van der Waals surface area contributed by atoms with Crippen molar-refractivity contribution in [2.24, 2.45) is 4.99 Å². The Labute approximate surface area is 194 Å². The Morgan fingerprint density at radius 1 is 1.21 bits per heavy atom. The first-order valence-electron chi connectivity index (χ1n) is 10.9. The highest BCUT2D eigenvalue weighted by Crippen LogP contribution is 2.30. The number of nitrogens with one attached hydrogen (secondary N) is 3. The van der Waals surface area contributed by atoms with Crippen LogP contribution in [0.5, 0.6) is 0 Å². The van der Waals surface area contributed by atoms with Gasteiger partial charge < -0.3 is 20.1 Å². The van der Waals surface area contributed by atoms with E-state index in [0.29, 0.717) is 51.2 Å². The highest BCUT2D eigenvalue weighted by molar-refractivity contribution is 6.19. The molecule has 4 aromatic rings. The number of benzene rings is 2. The van der Waals surface area contributed by atoms with Gasteiger partial charge in [-0.25, -0.2) is 4.39 Å². The molecule has 1 unspecified atom stereocenters. The number of carbonyl (C=O) groups excluding carboxylic acids is 2. The van der Waals surface area contributed by atoms with Gasteiger partial charge in [-0.1, -0.05) is 11.2 Å². The van der Waals surface area contributed by atoms with E-state index in [-0.39, 0.29) is 23.5 Å². The summed E-state index contributed by atoms with van der Waals surface area (Å²) in [7, 11) is 0. The van der Waals surface area contributed by atoms with Gasteiger partial charge in [0.15, 0.2) is 0 Å². The number of hydrogen-bond donors (Lipinski definition) is 3. The number of hydrogen-bond acceptors (Lipinski definition) is 6. The van der Waals surface area contributed by atoms with Crippen molar-refractivity contribution in [1.82, 2.24) is 20.8 Å². The molecule has 1 aliphatic rings. The van der Waals surface area contributed by atoms with Crippen LogP contribution in [0.25, 0.3) is 22.2 Å². The molecule has 0 spiro atoms. The zero-order valence-corrected chi connectivity index (χ0v) is 18.4. The molecule has 5 rings (SSSR count). The number of halogens is 1. The summed E-state index contributed by atoms with van der Waals surface area (Å²) in [4.78, 5) is 33.2. The Morgan fingerprint density at radius 2 is 2.03 bits per heavy atom. The van der Waals surface area contributed by atoms with Gasteiger partial charge in [0, 0.05) is 46.4 Å². The fraction of sp³-hybridized carbons (Fsp3) is 0.200. The average Bonchev–Trinajstić information content (AvgIpc) is 3.59. The number of carbonyl (C=O) groups is 2. The van der Waals surface area contributed by atoms with Crippen LogP contribution >= 0.6 is 0 Å². The van der Waals surface area contributed by atoms with E-state index >= 15 is 0 Å². The molecule has 1 amide bonds. The summed E-state index contributed by atoms with van der Waals surface area (Å²) in [6.45, 7) is 2.92. The first kappa shape index (κ1) is 21.6. The fourth-order valence-corrected chi connectivity index (χ4v) is 4.06. The SMILES string of the molecule is Cc1onc(-c2ccc(F)cc2)c1C(=O)c1c[nH]c2cc(C(=O)NCCC3CN=CN3)ccc12. The molecular weight excluding hydrogens is 437 g/mol. The zero-order chi connectivity index (χ0) is 23.7. The molecule has 0 bridgehead atoms. The number of aromatic amines is 1. The average molecular weight is 459 g/mol. The maximum absolute atomic E-state index is 13.5. The van der Waals surface area contributed by atoms with Crippen LogP contribution in [-0.4, -0.2) is 47.3 Å². The third kappa shape index (κ3) is 4.07. The molecule has 3 N–H and O–H groups in total. The third-order valence-corrected chi connectivity index (χ3v) is 5.90. The molecule has 1 aliphatic heterocycles. The van der Waals surface area contributed by atoms with Gasteiger partial charge in [0.2, 0.25) is 5.78 Å². The van der Waals surface area contributed by atoms with Crippen LogP contribution in [0.15, 0.2) is 58.2 Å². The predicted molar refractivity (Wildman–Crippen MR) is 126 cm³/mol. The quantitative estimate of drug-likeness (QED) is 0.366. The molecule has 0 fully saturated rings. The van der Waals surface area contributed by atoms with Crippen LogP contribution in [0.2, 0.25) is 0 Å². The minimum atomic E-state index is -0.377. The number of ketones is 1. The number of H-pyrrole nitrogens is 1. The summed E-state index contributed by atoms with van der Waals surface area (Å²) in [5.41, 5.74) is 2.86. The van der Waals surface area contributed by atoms with Gasteiger partial charge in [-0.2, -0.15) is 0 Å². The predicted octanol–water partition coefficient (Wildman–Crippen LogP) is 3.62. The van der Waals surface area contributed by atoms with Gasteiger partial charge in [0.1, 0.15) is 17.3 Å². The first-order valence-corrected chi connectivity index (χ1v) is 10.9. The van der Waals surface area contributed by atoms with Crippen LogP contribution in [-0.2, 0) is 0 Å². The molecule has 8 nitrogen and oxygen atoms in total. The van der Waals surface area contributed by atoms with Crippen LogP contribution in [0, 0.1) is 12.7 Å². The molecular formula is C25H22FN5O3. The normalized spacial score (nSPS) is 14.9. The van der Waals surface area contributed by atoms with Crippen molar-refractivity contribution in [2.75, 3.05) is 13.1 Å². The monoisotopic (exact) mass is 459 g/mol. The van der Waals surface area contributed by atoms with Gasteiger partial charge in [-0.15, -0.1) is 0 Å². The molecule has 0 saturated carbocycles. The maximum Gasteiger partial charge on any atom is 0.251 e. The zero-order valence-electron chi connectivity index (χ0n) is 18.4.